The van der Waals surface area contributed by atoms with Crippen molar-refractivity contribution < 1.29 is 4.74 Å². The Bertz CT molecular complexity index is 595. The second kappa shape index (κ2) is 7.97. The lowest BCUT2D eigenvalue weighted by Gasteiger charge is -2.32. The Morgan fingerprint density at radius 1 is 1.09 bits per heavy atom. The number of hydrogen-bond acceptors (Lipinski definition) is 4. The van der Waals surface area contributed by atoms with E-state index in [1.807, 2.05) is 25.1 Å². The molecule has 1 aliphatic heterocycles. The van der Waals surface area contributed by atoms with E-state index in [9.17, 15) is 0 Å². The van der Waals surface area contributed by atoms with Crippen molar-refractivity contribution in [2.75, 3.05) is 25.0 Å². The third-order valence-electron chi connectivity index (χ3n) is 4.20. The molecule has 1 aliphatic rings. The number of likely N-dealkylation sites (tertiary alicyclic amines) is 1. The van der Waals surface area contributed by atoms with Gasteiger partial charge in [0.15, 0.2) is 0 Å². The molecule has 4 heteroatoms. The van der Waals surface area contributed by atoms with Crippen LogP contribution >= 0.6 is 0 Å². The predicted molar refractivity (Wildman–Crippen MR) is 93.8 cm³/mol. The van der Waals surface area contributed by atoms with Crippen LogP contribution in [-0.2, 0) is 6.54 Å². The second-order valence-electron chi connectivity index (χ2n) is 5.97. The van der Waals surface area contributed by atoms with E-state index in [0.29, 0.717) is 18.5 Å². The molecule has 2 heterocycles. The second-order valence-corrected chi connectivity index (χ2v) is 5.97. The van der Waals surface area contributed by atoms with Crippen LogP contribution in [0.25, 0.3) is 0 Å². The monoisotopic (exact) mass is 311 g/mol. The molecule has 1 saturated heterocycles. The summed E-state index contributed by atoms with van der Waals surface area (Å²) < 4.78 is 5.46. The van der Waals surface area contributed by atoms with Gasteiger partial charge in [0.2, 0.25) is 5.88 Å². The van der Waals surface area contributed by atoms with Gasteiger partial charge in [-0.05, 0) is 31.4 Å². The summed E-state index contributed by atoms with van der Waals surface area (Å²) >= 11 is 0. The Balaban J connectivity index is 1.48. The number of rotatable bonds is 6. The van der Waals surface area contributed by atoms with Crippen LogP contribution in [0.3, 0.4) is 0 Å². The average molecular weight is 311 g/mol. The summed E-state index contributed by atoms with van der Waals surface area (Å²) in [7, 11) is 0. The van der Waals surface area contributed by atoms with E-state index in [1.165, 1.54) is 5.56 Å². The molecule has 3 rings (SSSR count). The van der Waals surface area contributed by atoms with E-state index in [4.69, 9.17) is 4.74 Å². The van der Waals surface area contributed by atoms with Crippen molar-refractivity contribution in [3.05, 3.63) is 54.1 Å². The lowest BCUT2D eigenvalue weighted by atomic mass is 10.0. The highest BCUT2D eigenvalue weighted by Gasteiger charge is 2.19. The summed E-state index contributed by atoms with van der Waals surface area (Å²) in [4.78, 5) is 7.02. The van der Waals surface area contributed by atoms with Gasteiger partial charge in [-0.1, -0.05) is 36.4 Å². The molecule has 2 aromatic rings. The number of pyridine rings is 1. The Morgan fingerprint density at radius 3 is 2.61 bits per heavy atom. The number of ether oxygens (including phenoxy) is 1. The molecule has 0 bridgehead atoms. The van der Waals surface area contributed by atoms with Crippen LogP contribution in [-0.4, -0.2) is 35.6 Å². The first kappa shape index (κ1) is 15.8. The zero-order valence-electron chi connectivity index (χ0n) is 13.7. The van der Waals surface area contributed by atoms with Crippen molar-refractivity contribution in [2.45, 2.75) is 32.4 Å². The summed E-state index contributed by atoms with van der Waals surface area (Å²) in [6.45, 7) is 5.92. The van der Waals surface area contributed by atoms with E-state index in [0.717, 1.165) is 38.3 Å². The first-order valence-electron chi connectivity index (χ1n) is 8.46. The molecule has 1 aromatic heterocycles. The minimum atomic E-state index is 0.492. The number of aromatic nitrogens is 1. The first-order valence-corrected chi connectivity index (χ1v) is 8.46. The third-order valence-corrected chi connectivity index (χ3v) is 4.20. The van der Waals surface area contributed by atoms with Gasteiger partial charge in [-0.3, -0.25) is 4.90 Å². The molecule has 0 aliphatic carbocycles. The van der Waals surface area contributed by atoms with Crippen LogP contribution in [0.5, 0.6) is 5.88 Å². The Labute approximate surface area is 138 Å². The van der Waals surface area contributed by atoms with Crippen molar-refractivity contribution >= 4 is 5.82 Å². The highest BCUT2D eigenvalue weighted by atomic mass is 16.5. The maximum Gasteiger partial charge on any atom is 0.215 e. The SMILES string of the molecule is CCOc1cccc(NC2CCN(Cc3ccccc3)CC2)n1. The fourth-order valence-corrected chi connectivity index (χ4v) is 3.01. The van der Waals surface area contributed by atoms with Crippen LogP contribution in [0.2, 0.25) is 0 Å². The maximum absolute atomic E-state index is 5.46. The van der Waals surface area contributed by atoms with E-state index >= 15 is 0 Å². The molecule has 4 nitrogen and oxygen atoms in total. The lowest BCUT2D eigenvalue weighted by Crippen LogP contribution is -2.38. The highest BCUT2D eigenvalue weighted by Crippen LogP contribution is 2.18. The molecule has 0 spiro atoms. The van der Waals surface area contributed by atoms with E-state index in [2.05, 4.69) is 45.5 Å². The number of nitrogens with zero attached hydrogens (tertiary/aromatic N) is 2. The fraction of sp³-hybridized carbons (Fsp3) is 0.421. The largest absolute Gasteiger partial charge is 0.478 e. The highest BCUT2D eigenvalue weighted by molar-refractivity contribution is 5.38. The minimum absolute atomic E-state index is 0.492. The van der Waals surface area contributed by atoms with Crippen molar-refractivity contribution in [3.63, 3.8) is 0 Å². The Kier molecular flexibility index (Phi) is 5.48. The standard InChI is InChI=1S/C19H25N3O/c1-2-23-19-10-6-9-18(21-19)20-17-11-13-22(14-12-17)15-16-7-4-3-5-8-16/h3-10,17H,2,11-15H2,1H3,(H,20,21). The summed E-state index contributed by atoms with van der Waals surface area (Å²) in [5.74, 6) is 1.61. The normalized spacial score (nSPS) is 16.2. The first-order chi connectivity index (χ1) is 11.3. The third kappa shape index (κ3) is 4.70. The number of piperidine rings is 1. The summed E-state index contributed by atoms with van der Waals surface area (Å²) in [6.07, 6.45) is 2.29. The molecular formula is C19H25N3O. The van der Waals surface area contributed by atoms with Gasteiger partial charge in [0.25, 0.3) is 0 Å². The molecule has 23 heavy (non-hydrogen) atoms. The van der Waals surface area contributed by atoms with Gasteiger partial charge in [-0.2, -0.15) is 4.98 Å². The van der Waals surface area contributed by atoms with Crippen molar-refractivity contribution in [1.82, 2.24) is 9.88 Å². The summed E-state index contributed by atoms with van der Waals surface area (Å²) in [6, 6.07) is 17.1. The van der Waals surface area contributed by atoms with Gasteiger partial charge >= 0.3 is 0 Å². The molecule has 1 N–H and O–H groups in total. The lowest BCUT2D eigenvalue weighted by molar-refractivity contribution is 0.211. The van der Waals surface area contributed by atoms with Crippen LogP contribution < -0.4 is 10.1 Å². The van der Waals surface area contributed by atoms with Gasteiger partial charge in [0.05, 0.1) is 6.61 Å². The van der Waals surface area contributed by atoms with Gasteiger partial charge < -0.3 is 10.1 Å². The molecule has 0 unspecified atom stereocenters. The zero-order chi connectivity index (χ0) is 15.9. The smallest absolute Gasteiger partial charge is 0.215 e. The number of hydrogen-bond donors (Lipinski definition) is 1. The molecule has 0 saturated carbocycles. The van der Waals surface area contributed by atoms with Crippen LogP contribution in [0.1, 0.15) is 25.3 Å². The molecule has 0 amide bonds. The molecule has 1 aromatic carbocycles. The molecule has 0 radical (unpaired) electrons. The van der Waals surface area contributed by atoms with Crippen LogP contribution in [0, 0.1) is 0 Å². The topological polar surface area (TPSA) is 37.4 Å². The Hall–Kier alpha value is -2.07. The van der Waals surface area contributed by atoms with Crippen LogP contribution in [0.4, 0.5) is 5.82 Å². The van der Waals surface area contributed by atoms with E-state index in [1.54, 1.807) is 0 Å². The number of benzene rings is 1. The Morgan fingerprint density at radius 2 is 1.87 bits per heavy atom. The number of anilines is 1. The zero-order valence-corrected chi connectivity index (χ0v) is 13.7. The summed E-state index contributed by atoms with van der Waals surface area (Å²) in [5, 5.41) is 3.55. The fourth-order valence-electron chi connectivity index (χ4n) is 3.01. The van der Waals surface area contributed by atoms with Gasteiger partial charge in [0, 0.05) is 31.7 Å². The van der Waals surface area contributed by atoms with Crippen molar-refractivity contribution in [3.8, 4) is 5.88 Å². The molecule has 0 atom stereocenters. The summed E-state index contributed by atoms with van der Waals surface area (Å²) in [5.41, 5.74) is 1.39. The number of nitrogens with one attached hydrogen (secondary N) is 1. The maximum atomic E-state index is 5.46. The van der Waals surface area contributed by atoms with Crippen molar-refractivity contribution in [2.24, 2.45) is 0 Å². The van der Waals surface area contributed by atoms with Gasteiger partial charge in [0.1, 0.15) is 5.82 Å². The predicted octanol–water partition coefficient (Wildman–Crippen LogP) is 3.56. The van der Waals surface area contributed by atoms with Gasteiger partial charge in [-0.15, -0.1) is 0 Å². The molecule has 122 valence electrons. The van der Waals surface area contributed by atoms with Gasteiger partial charge in [-0.25, -0.2) is 0 Å². The molecular weight excluding hydrogens is 286 g/mol. The van der Waals surface area contributed by atoms with E-state index < -0.39 is 0 Å². The quantitative estimate of drug-likeness (QED) is 0.885. The minimum Gasteiger partial charge on any atom is -0.478 e. The molecule has 1 fully saturated rings. The van der Waals surface area contributed by atoms with E-state index in [-0.39, 0.29) is 0 Å². The average Bonchev–Trinajstić information content (AvgIpc) is 2.58. The van der Waals surface area contributed by atoms with Crippen molar-refractivity contribution in [1.29, 1.82) is 0 Å². The van der Waals surface area contributed by atoms with Crippen LogP contribution in [0.15, 0.2) is 48.5 Å².